The van der Waals surface area contributed by atoms with Gasteiger partial charge in [0.05, 0.1) is 20.3 Å². The van der Waals surface area contributed by atoms with Crippen molar-refractivity contribution in [2.75, 3.05) is 57.2 Å². The minimum atomic E-state index is -0.0319. The molecule has 0 atom stereocenters. The molecule has 8 heteroatoms. The lowest BCUT2D eigenvalue weighted by Gasteiger charge is -2.17. The number of anilines is 2. The molecule has 198 valence electrons. The number of likely N-dealkylation sites (tertiary alicyclic amines) is 1. The number of nitrogens with zero attached hydrogens (tertiary/aromatic N) is 3. The van der Waals surface area contributed by atoms with Gasteiger partial charge >= 0.3 is 0 Å². The van der Waals surface area contributed by atoms with Gasteiger partial charge in [0.15, 0.2) is 11.5 Å². The summed E-state index contributed by atoms with van der Waals surface area (Å²) < 4.78 is 11.5. The van der Waals surface area contributed by atoms with Gasteiger partial charge < -0.3 is 29.9 Å². The van der Waals surface area contributed by atoms with Crippen LogP contribution in [0.4, 0.5) is 11.4 Å². The average Bonchev–Trinajstić information content (AvgIpc) is 3.43. The van der Waals surface area contributed by atoms with E-state index in [0.717, 1.165) is 30.0 Å². The zero-order valence-corrected chi connectivity index (χ0v) is 22.2. The topological polar surface area (TPSA) is 78.4 Å². The smallest absolute Gasteiger partial charge is 0.246 e. The van der Waals surface area contributed by atoms with E-state index in [2.05, 4.69) is 27.1 Å². The second kappa shape index (κ2) is 14.7. The second-order valence-corrected chi connectivity index (χ2v) is 8.96. The van der Waals surface area contributed by atoms with Gasteiger partial charge in [-0.1, -0.05) is 24.8 Å². The molecule has 8 nitrogen and oxygen atoms in total. The molecule has 0 unspecified atom stereocenters. The normalized spacial score (nSPS) is 14.0. The number of hydrogen-bond donors (Lipinski definition) is 2. The summed E-state index contributed by atoms with van der Waals surface area (Å²) in [6.07, 6.45) is 7.01. The molecule has 0 spiro atoms. The maximum atomic E-state index is 12.4. The second-order valence-electron chi connectivity index (χ2n) is 8.96. The molecule has 37 heavy (non-hydrogen) atoms. The van der Waals surface area contributed by atoms with E-state index in [0.29, 0.717) is 23.9 Å². The van der Waals surface area contributed by atoms with Crippen molar-refractivity contribution in [1.82, 2.24) is 10.2 Å². The van der Waals surface area contributed by atoms with Crippen LogP contribution in [0.3, 0.4) is 0 Å². The number of methoxy groups -OCH3 is 1. The number of nitrogens with one attached hydrogen (secondary N) is 2. The van der Waals surface area contributed by atoms with Crippen LogP contribution < -0.4 is 25.0 Å². The molecule has 0 saturated carbocycles. The Morgan fingerprint density at radius 3 is 2.65 bits per heavy atom. The molecule has 1 aliphatic heterocycles. The monoisotopic (exact) mass is 505 g/mol. The fourth-order valence-electron chi connectivity index (χ4n) is 3.97. The molecular formula is C29H39N5O3. The van der Waals surface area contributed by atoms with Crippen molar-refractivity contribution in [2.24, 2.45) is 4.99 Å². The lowest BCUT2D eigenvalue weighted by molar-refractivity contribution is -0.117. The first-order valence-corrected chi connectivity index (χ1v) is 12.7. The molecule has 1 aliphatic rings. The van der Waals surface area contributed by atoms with Gasteiger partial charge in [-0.15, -0.1) is 0 Å². The quantitative estimate of drug-likeness (QED) is 0.287. The number of hydrogen-bond acceptors (Lipinski definition) is 7. The van der Waals surface area contributed by atoms with Crippen LogP contribution in [0.15, 0.2) is 77.7 Å². The van der Waals surface area contributed by atoms with Gasteiger partial charge in [-0.05, 0) is 69.6 Å². The molecule has 0 radical (unpaired) electrons. The standard InChI is InChI=1S/C29H39N5O3/c1-23(31-22-29(35)33(3)26-11-6-5-7-12-26)15-16-30-24(2)32-25-13-14-27(36-4)28(21-25)37-20-10-19-34-17-8-9-18-34/h5-7,11-16,21,31-32H,2,8-10,17-20,22H2,1,3-4H3/b23-15+,30-16?. The third-order valence-electron chi connectivity index (χ3n) is 6.12. The van der Waals surface area contributed by atoms with Crippen LogP contribution in [-0.2, 0) is 4.79 Å². The number of ether oxygens (including phenoxy) is 2. The number of allylic oxidation sites excluding steroid dienone is 2. The first-order valence-electron chi connectivity index (χ1n) is 12.7. The number of carbonyl (C=O) groups is 1. The van der Waals surface area contributed by atoms with Gasteiger partial charge in [0, 0.05) is 42.9 Å². The summed E-state index contributed by atoms with van der Waals surface area (Å²) in [4.78, 5) is 20.9. The lowest BCUT2D eigenvalue weighted by atomic mass is 10.2. The van der Waals surface area contributed by atoms with Crippen LogP contribution in [0.2, 0.25) is 0 Å². The van der Waals surface area contributed by atoms with Crippen LogP contribution in [0, 0.1) is 0 Å². The number of aliphatic imine (C=N–C) groups is 1. The summed E-state index contributed by atoms with van der Waals surface area (Å²) in [7, 11) is 3.40. The predicted octanol–water partition coefficient (Wildman–Crippen LogP) is 4.67. The molecule has 3 rings (SSSR count). The van der Waals surface area contributed by atoms with Crippen molar-refractivity contribution in [3.8, 4) is 11.5 Å². The van der Waals surface area contributed by atoms with Crippen LogP contribution in [0.1, 0.15) is 26.2 Å². The van der Waals surface area contributed by atoms with Gasteiger partial charge in [0.1, 0.15) is 5.82 Å². The third-order valence-corrected chi connectivity index (χ3v) is 6.12. The Morgan fingerprint density at radius 1 is 1.16 bits per heavy atom. The maximum absolute atomic E-state index is 12.4. The number of amides is 1. The highest BCUT2D eigenvalue weighted by atomic mass is 16.5. The number of likely N-dealkylation sites (N-methyl/N-ethyl adjacent to an activating group) is 1. The molecule has 1 fully saturated rings. The molecule has 2 aromatic carbocycles. The Labute approximate surface area is 220 Å². The maximum Gasteiger partial charge on any atom is 0.246 e. The highest BCUT2D eigenvalue weighted by molar-refractivity contribution is 5.94. The zero-order valence-electron chi connectivity index (χ0n) is 22.2. The van der Waals surface area contributed by atoms with E-state index in [1.54, 1.807) is 31.3 Å². The van der Waals surface area contributed by atoms with Crippen molar-refractivity contribution >= 4 is 23.5 Å². The van der Waals surface area contributed by atoms with E-state index in [9.17, 15) is 4.79 Å². The first kappa shape index (κ1) is 27.8. The molecule has 0 aromatic heterocycles. The van der Waals surface area contributed by atoms with Crippen LogP contribution in [0.25, 0.3) is 0 Å². The van der Waals surface area contributed by atoms with Crippen molar-refractivity contribution in [3.63, 3.8) is 0 Å². The minimum absolute atomic E-state index is 0.0319. The predicted molar refractivity (Wildman–Crippen MR) is 152 cm³/mol. The molecule has 2 aromatic rings. The molecule has 1 heterocycles. The van der Waals surface area contributed by atoms with Crippen molar-refractivity contribution in [1.29, 1.82) is 0 Å². The van der Waals surface area contributed by atoms with E-state index in [1.807, 2.05) is 55.5 Å². The SMILES string of the molecule is C=C(N=C/C=C(\C)NCC(=O)N(C)c1ccccc1)Nc1ccc(OC)c(OCCCN2CCCC2)c1. The van der Waals surface area contributed by atoms with E-state index in [1.165, 1.54) is 25.9 Å². The largest absolute Gasteiger partial charge is 0.493 e. The summed E-state index contributed by atoms with van der Waals surface area (Å²) in [5, 5.41) is 6.29. The first-order chi connectivity index (χ1) is 18.0. The van der Waals surface area contributed by atoms with Gasteiger partial charge in [-0.25, -0.2) is 4.99 Å². The Bertz CT molecular complexity index is 1080. The fraction of sp³-hybridized carbons (Fsp3) is 0.379. The Kier molecular flexibility index (Phi) is 11.0. The van der Waals surface area contributed by atoms with E-state index >= 15 is 0 Å². The number of benzene rings is 2. The van der Waals surface area contributed by atoms with Gasteiger partial charge in [0.2, 0.25) is 5.91 Å². The third kappa shape index (κ3) is 9.31. The van der Waals surface area contributed by atoms with Crippen LogP contribution in [0.5, 0.6) is 11.5 Å². The fourth-order valence-corrected chi connectivity index (χ4v) is 3.97. The highest BCUT2D eigenvalue weighted by Gasteiger charge is 2.12. The summed E-state index contributed by atoms with van der Waals surface area (Å²) in [5.74, 6) is 1.83. The molecule has 1 saturated heterocycles. The number of para-hydroxylation sites is 1. The molecule has 2 N–H and O–H groups in total. The lowest BCUT2D eigenvalue weighted by Crippen LogP contribution is -2.34. The number of rotatable bonds is 14. The zero-order chi connectivity index (χ0) is 26.5. The molecular weight excluding hydrogens is 466 g/mol. The summed E-state index contributed by atoms with van der Waals surface area (Å²) in [6, 6.07) is 15.2. The van der Waals surface area contributed by atoms with E-state index < -0.39 is 0 Å². The average molecular weight is 506 g/mol. The Balaban J connectivity index is 1.44. The van der Waals surface area contributed by atoms with Crippen LogP contribution >= 0.6 is 0 Å². The number of carbonyl (C=O) groups excluding carboxylic acids is 1. The summed E-state index contributed by atoms with van der Waals surface area (Å²) in [6.45, 7) is 10.1. The van der Waals surface area contributed by atoms with Gasteiger partial charge in [0.25, 0.3) is 0 Å². The summed E-state index contributed by atoms with van der Waals surface area (Å²) in [5.41, 5.74) is 2.49. The Hall–Kier alpha value is -3.78. The van der Waals surface area contributed by atoms with E-state index in [-0.39, 0.29) is 12.5 Å². The highest BCUT2D eigenvalue weighted by Crippen LogP contribution is 2.31. The van der Waals surface area contributed by atoms with Crippen molar-refractivity contribution in [2.45, 2.75) is 26.2 Å². The van der Waals surface area contributed by atoms with Crippen LogP contribution in [-0.4, -0.2) is 64.0 Å². The molecule has 0 bridgehead atoms. The minimum Gasteiger partial charge on any atom is -0.493 e. The Morgan fingerprint density at radius 2 is 1.92 bits per heavy atom. The van der Waals surface area contributed by atoms with Gasteiger partial charge in [-0.2, -0.15) is 0 Å². The molecule has 1 amide bonds. The van der Waals surface area contributed by atoms with Crippen molar-refractivity contribution in [3.05, 3.63) is 72.7 Å². The van der Waals surface area contributed by atoms with Crippen molar-refractivity contribution < 1.29 is 14.3 Å². The molecule has 0 aliphatic carbocycles. The van der Waals surface area contributed by atoms with Gasteiger partial charge in [-0.3, -0.25) is 4.79 Å². The summed E-state index contributed by atoms with van der Waals surface area (Å²) >= 11 is 0. The van der Waals surface area contributed by atoms with E-state index in [4.69, 9.17) is 9.47 Å².